The molecule has 0 aromatic heterocycles. The van der Waals surface area contributed by atoms with Crippen LogP contribution in [0.4, 0.5) is 10.1 Å². The number of rotatable bonds is 4. The van der Waals surface area contributed by atoms with Gasteiger partial charge in [0.15, 0.2) is 0 Å². The van der Waals surface area contributed by atoms with Crippen molar-refractivity contribution in [2.45, 2.75) is 12.5 Å². The van der Waals surface area contributed by atoms with Gasteiger partial charge in [-0.15, -0.1) is 0 Å². The SMILES string of the molecule is CC(CO)(Nc1ccccc1F)c1ccc(Cl)cc1Cl. The molecule has 0 saturated heterocycles. The lowest BCUT2D eigenvalue weighted by Crippen LogP contribution is -2.36. The van der Waals surface area contributed by atoms with E-state index in [1.807, 2.05) is 0 Å². The second kappa shape index (κ2) is 6.00. The van der Waals surface area contributed by atoms with Crippen LogP contribution in [0, 0.1) is 5.82 Å². The van der Waals surface area contributed by atoms with Gasteiger partial charge in [0.05, 0.1) is 17.8 Å². The van der Waals surface area contributed by atoms with Crippen LogP contribution in [0.2, 0.25) is 10.0 Å². The van der Waals surface area contributed by atoms with Crippen LogP contribution in [0.3, 0.4) is 0 Å². The highest BCUT2D eigenvalue weighted by atomic mass is 35.5. The van der Waals surface area contributed by atoms with Crippen molar-refractivity contribution in [3.63, 3.8) is 0 Å². The van der Waals surface area contributed by atoms with Crippen molar-refractivity contribution < 1.29 is 9.50 Å². The summed E-state index contributed by atoms with van der Waals surface area (Å²) in [5.41, 5.74) is 0.0357. The average molecular weight is 314 g/mol. The minimum absolute atomic E-state index is 0.247. The van der Waals surface area contributed by atoms with Crippen LogP contribution in [0.15, 0.2) is 42.5 Å². The van der Waals surface area contributed by atoms with E-state index >= 15 is 0 Å². The van der Waals surface area contributed by atoms with Gasteiger partial charge in [-0.25, -0.2) is 4.39 Å². The Bertz CT molecular complexity index is 621. The molecule has 0 radical (unpaired) electrons. The zero-order valence-electron chi connectivity index (χ0n) is 10.8. The van der Waals surface area contributed by atoms with Gasteiger partial charge in [0.2, 0.25) is 0 Å². The predicted octanol–water partition coefficient (Wildman–Crippen LogP) is 4.45. The molecule has 0 aliphatic heterocycles. The molecule has 2 aromatic carbocycles. The molecular formula is C15H14Cl2FNO. The van der Waals surface area contributed by atoms with E-state index in [9.17, 15) is 9.50 Å². The van der Waals surface area contributed by atoms with Crippen molar-refractivity contribution in [1.82, 2.24) is 0 Å². The van der Waals surface area contributed by atoms with E-state index < -0.39 is 11.4 Å². The summed E-state index contributed by atoms with van der Waals surface area (Å²) in [5.74, 6) is -0.391. The standard InChI is InChI=1S/C15H14Cl2FNO/c1-15(9-20,11-7-6-10(16)8-12(11)17)19-14-5-3-2-4-13(14)18/h2-8,19-20H,9H2,1H3. The van der Waals surface area contributed by atoms with Gasteiger partial charge in [0, 0.05) is 10.0 Å². The smallest absolute Gasteiger partial charge is 0.146 e. The first kappa shape index (κ1) is 15.1. The van der Waals surface area contributed by atoms with Crippen molar-refractivity contribution in [3.05, 3.63) is 63.9 Å². The molecule has 2 rings (SSSR count). The van der Waals surface area contributed by atoms with E-state index in [4.69, 9.17) is 23.2 Å². The lowest BCUT2D eigenvalue weighted by Gasteiger charge is -2.31. The topological polar surface area (TPSA) is 32.3 Å². The maximum atomic E-state index is 13.7. The van der Waals surface area contributed by atoms with Gasteiger partial charge in [-0.2, -0.15) is 0 Å². The van der Waals surface area contributed by atoms with E-state index in [2.05, 4.69) is 5.32 Å². The highest BCUT2D eigenvalue weighted by molar-refractivity contribution is 6.35. The van der Waals surface area contributed by atoms with Gasteiger partial charge >= 0.3 is 0 Å². The van der Waals surface area contributed by atoms with Crippen LogP contribution < -0.4 is 5.32 Å². The van der Waals surface area contributed by atoms with Crippen LogP contribution in [0.25, 0.3) is 0 Å². The number of benzene rings is 2. The molecule has 0 aliphatic rings. The third kappa shape index (κ3) is 3.06. The van der Waals surface area contributed by atoms with Gasteiger partial charge in [-0.3, -0.25) is 0 Å². The van der Waals surface area contributed by atoms with Gasteiger partial charge in [-0.1, -0.05) is 41.4 Å². The Kier molecular flexibility index (Phi) is 4.53. The molecule has 2 aromatic rings. The Labute approximate surface area is 127 Å². The minimum Gasteiger partial charge on any atom is -0.394 e. The molecule has 0 saturated carbocycles. The number of nitrogens with one attached hydrogen (secondary N) is 1. The molecule has 1 unspecified atom stereocenters. The molecule has 106 valence electrons. The zero-order valence-corrected chi connectivity index (χ0v) is 12.3. The molecule has 2 nitrogen and oxygen atoms in total. The molecule has 0 fully saturated rings. The summed E-state index contributed by atoms with van der Waals surface area (Å²) in [6.07, 6.45) is 0. The summed E-state index contributed by atoms with van der Waals surface area (Å²) in [7, 11) is 0. The lowest BCUT2D eigenvalue weighted by atomic mass is 9.92. The molecule has 5 heteroatoms. The monoisotopic (exact) mass is 313 g/mol. The van der Waals surface area contributed by atoms with E-state index in [-0.39, 0.29) is 6.61 Å². The summed E-state index contributed by atoms with van der Waals surface area (Å²) < 4.78 is 13.7. The van der Waals surface area contributed by atoms with Gasteiger partial charge in [-0.05, 0) is 36.8 Å². The van der Waals surface area contributed by atoms with Crippen LogP contribution in [-0.2, 0) is 5.54 Å². The van der Waals surface area contributed by atoms with E-state index in [0.717, 1.165) is 0 Å². The highest BCUT2D eigenvalue weighted by Gasteiger charge is 2.29. The highest BCUT2D eigenvalue weighted by Crippen LogP contribution is 2.33. The van der Waals surface area contributed by atoms with Crippen LogP contribution in [0.5, 0.6) is 0 Å². The van der Waals surface area contributed by atoms with Crippen molar-refractivity contribution in [2.75, 3.05) is 11.9 Å². The van der Waals surface area contributed by atoms with Gasteiger partial charge < -0.3 is 10.4 Å². The molecule has 2 N–H and O–H groups in total. The number of aliphatic hydroxyl groups excluding tert-OH is 1. The third-order valence-corrected chi connectivity index (χ3v) is 3.67. The fourth-order valence-electron chi connectivity index (χ4n) is 1.99. The van der Waals surface area contributed by atoms with E-state index in [0.29, 0.717) is 21.3 Å². The lowest BCUT2D eigenvalue weighted by molar-refractivity contribution is 0.223. The van der Waals surface area contributed by atoms with Crippen LogP contribution >= 0.6 is 23.2 Å². The summed E-state index contributed by atoms with van der Waals surface area (Å²) >= 11 is 12.0. The largest absolute Gasteiger partial charge is 0.394 e. The molecule has 0 amide bonds. The Balaban J connectivity index is 2.41. The fourth-order valence-corrected chi connectivity index (χ4v) is 2.61. The number of aliphatic hydroxyl groups is 1. The van der Waals surface area contributed by atoms with Gasteiger partial charge in [0.1, 0.15) is 5.82 Å². The Hall–Kier alpha value is -1.29. The molecule has 0 bridgehead atoms. The average Bonchev–Trinajstić information content (AvgIpc) is 2.41. The maximum absolute atomic E-state index is 13.7. The summed E-state index contributed by atoms with van der Waals surface area (Å²) in [4.78, 5) is 0. The molecule has 0 aliphatic carbocycles. The second-order valence-corrected chi connectivity index (χ2v) is 5.56. The number of anilines is 1. The first-order valence-electron chi connectivity index (χ1n) is 6.05. The summed E-state index contributed by atoms with van der Waals surface area (Å²) in [5, 5.41) is 13.6. The van der Waals surface area contributed by atoms with E-state index in [1.165, 1.54) is 6.07 Å². The quantitative estimate of drug-likeness (QED) is 0.874. The Morgan fingerprint density at radius 2 is 1.90 bits per heavy atom. The number of hydrogen-bond acceptors (Lipinski definition) is 2. The molecule has 20 heavy (non-hydrogen) atoms. The maximum Gasteiger partial charge on any atom is 0.146 e. The summed E-state index contributed by atoms with van der Waals surface area (Å²) in [6, 6.07) is 11.3. The first-order valence-corrected chi connectivity index (χ1v) is 6.81. The van der Waals surface area contributed by atoms with E-state index in [1.54, 1.807) is 43.3 Å². The van der Waals surface area contributed by atoms with Crippen LogP contribution in [-0.4, -0.2) is 11.7 Å². The summed E-state index contributed by atoms with van der Waals surface area (Å²) in [6.45, 7) is 1.50. The molecular weight excluding hydrogens is 300 g/mol. The Morgan fingerprint density at radius 3 is 2.50 bits per heavy atom. The van der Waals surface area contributed by atoms with Crippen molar-refractivity contribution in [3.8, 4) is 0 Å². The van der Waals surface area contributed by atoms with Crippen molar-refractivity contribution in [2.24, 2.45) is 0 Å². The van der Waals surface area contributed by atoms with Crippen molar-refractivity contribution >= 4 is 28.9 Å². The zero-order chi connectivity index (χ0) is 14.8. The first-order chi connectivity index (χ1) is 9.46. The molecule has 0 heterocycles. The minimum atomic E-state index is -0.913. The van der Waals surface area contributed by atoms with Crippen molar-refractivity contribution in [1.29, 1.82) is 0 Å². The molecule has 0 spiro atoms. The normalized spacial score (nSPS) is 13.8. The molecule has 1 atom stereocenters. The van der Waals surface area contributed by atoms with Crippen LogP contribution in [0.1, 0.15) is 12.5 Å². The Morgan fingerprint density at radius 1 is 1.20 bits per heavy atom. The second-order valence-electron chi connectivity index (χ2n) is 4.72. The fraction of sp³-hybridized carbons (Fsp3) is 0.200. The van der Waals surface area contributed by atoms with Gasteiger partial charge in [0.25, 0.3) is 0 Å². The number of para-hydroxylation sites is 1. The predicted molar refractivity (Wildman–Crippen MR) is 80.9 cm³/mol. The third-order valence-electron chi connectivity index (χ3n) is 3.13. The number of halogens is 3. The number of hydrogen-bond donors (Lipinski definition) is 2.